The number of nitriles is 1. The quantitative estimate of drug-likeness (QED) is 0.620. The molecule has 20 heavy (non-hydrogen) atoms. The molecule has 0 atom stereocenters. The van der Waals surface area contributed by atoms with Crippen molar-refractivity contribution in [3.8, 4) is 6.07 Å². The third-order valence-electron chi connectivity index (χ3n) is 2.61. The number of nitrogens with zero attached hydrogens (tertiary/aromatic N) is 2. The maximum Gasteiger partial charge on any atom is 0.418 e. The summed E-state index contributed by atoms with van der Waals surface area (Å²) in [4.78, 5) is 12.1. The summed E-state index contributed by atoms with van der Waals surface area (Å²) in [7, 11) is -1.60. The summed E-state index contributed by atoms with van der Waals surface area (Å²) in [5, 5.41) is 9.80. The van der Waals surface area contributed by atoms with Crippen LogP contribution < -0.4 is 5.19 Å². The van der Waals surface area contributed by atoms with E-state index < -0.39 is 19.8 Å². The number of carbonyl (C=O) groups excluding carboxylic acids is 1. The standard InChI is InChI=1S/C15H22N2O2Si/c1-15(2,3)19-14(18)17-10-12(8-7-9-16)13(11-17)20(4,5)6/h7-8,10-11H,1-6H3/b8-7+. The lowest BCUT2D eigenvalue weighted by Crippen LogP contribution is -2.38. The van der Waals surface area contributed by atoms with Gasteiger partial charge in [0.15, 0.2) is 0 Å². The zero-order chi connectivity index (χ0) is 15.6. The monoisotopic (exact) mass is 290 g/mol. The summed E-state index contributed by atoms with van der Waals surface area (Å²) >= 11 is 0. The highest BCUT2D eigenvalue weighted by molar-refractivity contribution is 6.89. The molecule has 0 aliphatic rings. The van der Waals surface area contributed by atoms with Gasteiger partial charge in [-0.05, 0) is 37.6 Å². The Balaban J connectivity index is 3.19. The molecule has 0 fully saturated rings. The predicted octanol–water partition coefficient (Wildman–Crippen LogP) is 3.35. The minimum Gasteiger partial charge on any atom is -0.443 e. The molecule has 0 spiro atoms. The van der Waals surface area contributed by atoms with Crippen molar-refractivity contribution in [2.24, 2.45) is 0 Å². The first-order chi connectivity index (χ1) is 9.04. The van der Waals surface area contributed by atoms with Gasteiger partial charge >= 0.3 is 6.09 Å². The molecule has 1 aromatic heterocycles. The first-order valence-corrected chi connectivity index (χ1v) is 10.1. The van der Waals surface area contributed by atoms with Crippen molar-refractivity contribution in [2.75, 3.05) is 0 Å². The van der Waals surface area contributed by atoms with E-state index >= 15 is 0 Å². The molecule has 0 radical (unpaired) electrons. The van der Waals surface area contributed by atoms with Gasteiger partial charge in [-0.3, -0.25) is 4.57 Å². The highest BCUT2D eigenvalue weighted by atomic mass is 28.3. The molecule has 0 aromatic carbocycles. The number of carbonyl (C=O) groups is 1. The minimum atomic E-state index is -1.60. The third kappa shape index (κ3) is 4.39. The molecule has 1 rings (SSSR count). The van der Waals surface area contributed by atoms with Crippen LogP contribution in [-0.4, -0.2) is 24.3 Å². The van der Waals surface area contributed by atoms with Crippen LogP contribution in [0.1, 0.15) is 26.3 Å². The number of hydrogen-bond acceptors (Lipinski definition) is 3. The Labute approximate surface area is 121 Å². The van der Waals surface area contributed by atoms with Gasteiger partial charge in [-0.15, -0.1) is 0 Å². The van der Waals surface area contributed by atoms with E-state index in [4.69, 9.17) is 10.00 Å². The van der Waals surface area contributed by atoms with Crippen LogP contribution in [0.4, 0.5) is 4.79 Å². The number of aromatic nitrogens is 1. The van der Waals surface area contributed by atoms with Gasteiger partial charge in [0, 0.05) is 18.5 Å². The van der Waals surface area contributed by atoms with E-state index in [1.807, 2.05) is 33.0 Å². The average molecular weight is 290 g/mol. The van der Waals surface area contributed by atoms with E-state index in [-0.39, 0.29) is 0 Å². The summed E-state index contributed by atoms with van der Waals surface area (Å²) in [6.07, 6.45) is 6.34. The lowest BCUT2D eigenvalue weighted by molar-refractivity contribution is 0.0537. The zero-order valence-corrected chi connectivity index (χ0v) is 14.0. The van der Waals surface area contributed by atoms with Crippen LogP contribution in [0.3, 0.4) is 0 Å². The summed E-state index contributed by atoms with van der Waals surface area (Å²) in [5.74, 6) is 0. The molecule has 5 heteroatoms. The lowest BCUT2D eigenvalue weighted by atomic mass is 10.2. The second-order valence-corrected chi connectivity index (χ2v) is 11.8. The number of hydrogen-bond donors (Lipinski definition) is 0. The normalized spacial score (nSPS) is 12.4. The Hall–Kier alpha value is -1.80. The van der Waals surface area contributed by atoms with E-state index in [9.17, 15) is 4.79 Å². The molecule has 0 saturated heterocycles. The highest BCUT2D eigenvalue weighted by Crippen LogP contribution is 2.13. The third-order valence-corrected chi connectivity index (χ3v) is 4.64. The Morgan fingerprint density at radius 3 is 2.40 bits per heavy atom. The van der Waals surface area contributed by atoms with E-state index in [2.05, 4.69) is 19.6 Å². The van der Waals surface area contributed by atoms with Gasteiger partial charge in [-0.2, -0.15) is 5.26 Å². The van der Waals surface area contributed by atoms with Crippen molar-refractivity contribution in [1.82, 2.24) is 4.57 Å². The Morgan fingerprint density at radius 1 is 1.35 bits per heavy atom. The van der Waals surface area contributed by atoms with E-state index in [0.29, 0.717) is 0 Å². The summed E-state index contributed by atoms with van der Waals surface area (Å²) in [6.45, 7) is 12.1. The molecule has 1 heterocycles. The number of allylic oxidation sites excluding steroid dienone is 1. The maximum absolute atomic E-state index is 12.1. The molecule has 0 N–H and O–H groups in total. The van der Waals surface area contributed by atoms with Crippen LogP contribution in [0, 0.1) is 11.3 Å². The smallest absolute Gasteiger partial charge is 0.418 e. The zero-order valence-electron chi connectivity index (χ0n) is 13.0. The van der Waals surface area contributed by atoms with Gasteiger partial charge in [0.1, 0.15) is 5.60 Å². The second-order valence-electron chi connectivity index (χ2n) is 6.73. The highest BCUT2D eigenvalue weighted by Gasteiger charge is 2.24. The van der Waals surface area contributed by atoms with Crippen molar-refractivity contribution < 1.29 is 9.53 Å². The van der Waals surface area contributed by atoms with Crippen LogP contribution in [-0.2, 0) is 4.74 Å². The molecule has 0 saturated carbocycles. The molecule has 0 unspecified atom stereocenters. The van der Waals surface area contributed by atoms with Crippen molar-refractivity contribution in [2.45, 2.75) is 46.0 Å². The van der Waals surface area contributed by atoms with Crippen molar-refractivity contribution >= 4 is 25.4 Å². The fourth-order valence-corrected chi connectivity index (χ4v) is 3.32. The van der Waals surface area contributed by atoms with Crippen LogP contribution in [0.15, 0.2) is 18.5 Å². The lowest BCUT2D eigenvalue weighted by Gasteiger charge is -2.19. The Bertz CT molecular complexity index is 566. The molecular formula is C15H22N2O2Si. The van der Waals surface area contributed by atoms with Crippen LogP contribution in [0.5, 0.6) is 0 Å². The van der Waals surface area contributed by atoms with E-state index in [1.165, 1.54) is 10.6 Å². The fraction of sp³-hybridized carbons (Fsp3) is 0.467. The summed E-state index contributed by atoms with van der Waals surface area (Å²) in [5.41, 5.74) is 0.389. The first-order valence-electron chi connectivity index (χ1n) is 6.56. The van der Waals surface area contributed by atoms with Crippen molar-refractivity contribution in [3.63, 3.8) is 0 Å². The summed E-state index contributed by atoms with van der Waals surface area (Å²) < 4.78 is 6.83. The van der Waals surface area contributed by atoms with E-state index in [0.717, 1.165) is 10.8 Å². The molecule has 0 bridgehead atoms. The number of ether oxygens (including phenoxy) is 1. The van der Waals surface area contributed by atoms with Crippen LogP contribution >= 0.6 is 0 Å². The second kappa shape index (κ2) is 5.67. The van der Waals surface area contributed by atoms with Gasteiger partial charge in [0.05, 0.1) is 14.1 Å². The SMILES string of the molecule is CC(C)(C)OC(=O)n1cc(/C=C/C#N)c([Si](C)(C)C)c1. The molecule has 1 aromatic rings. The van der Waals surface area contributed by atoms with Crippen LogP contribution in [0.2, 0.25) is 19.6 Å². The van der Waals surface area contributed by atoms with E-state index in [1.54, 1.807) is 12.3 Å². The average Bonchev–Trinajstić information content (AvgIpc) is 2.67. The summed E-state index contributed by atoms with van der Waals surface area (Å²) in [6, 6.07) is 1.98. The van der Waals surface area contributed by atoms with Crippen molar-refractivity contribution in [3.05, 3.63) is 24.0 Å². The molecule has 0 aliphatic carbocycles. The Kier molecular flexibility index (Phi) is 4.61. The maximum atomic E-state index is 12.1. The topological polar surface area (TPSA) is 55.0 Å². The van der Waals surface area contributed by atoms with Gasteiger partial charge in [-0.1, -0.05) is 19.6 Å². The first kappa shape index (κ1) is 16.3. The molecule has 108 valence electrons. The number of rotatable bonds is 2. The van der Waals surface area contributed by atoms with Gasteiger partial charge in [0.25, 0.3) is 0 Å². The minimum absolute atomic E-state index is 0.395. The molecule has 0 aliphatic heterocycles. The van der Waals surface area contributed by atoms with Gasteiger partial charge in [-0.25, -0.2) is 4.79 Å². The van der Waals surface area contributed by atoms with Crippen molar-refractivity contribution in [1.29, 1.82) is 5.26 Å². The van der Waals surface area contributed by atoms with Gasteiger partial charge in [0.2, 0.25) is 0 Å². The fourth-order valence-electron chi connectivity index (χ4n) is 1.78. The van der Waals surface area contributed by atoms with Gasteiger partial charge < -0.3 is 4.74 Å². The molecule has 0 amide bonds. The largest absolute Gasteiger partial charge is 0.443 e. The molecule has 4 nitrogen and oxygen atoms in total. The molecular weight excluding hydrogens is 268 g/mol. The predicted molar refractivity (Wildman–Crippen MR) is 83.7 cm³/mol. The Morgan fingerprint density at radius 2 is 1.95 bits per heavy atom. The van der Waals surface area contributed by atoms with Crippen LogP contribution in [0.25, 0.3) is 6.08 Å².